The number of rotatable bonds is 6. The topological polar surface area (TPSA) is 64.3 Å². The van der Waals surface area contributed by atoms with Crippen molar-refractivity contribution < 1.29 is 9.53 Å². The molecule has 1 aromatic rings. The molecule has 23 heavy (non-hydrogen) atoms. The number of nitrogens with one attached hydrogen (secondary N) is 1. The fourth-order valence-electron chi connectivity index (χ4n) is 2.90. The van der Waals surface area contributed by atoms with E-state index in [1.165, 1.54) is 25.7 Å². The van der Waals surface area contributed by atoms with Crippen LogP contribution in [0, 0.1) is 0 Å². The van der Waals surface area contributed by atoms with Gasteiger partial charge in [0.15, 0.2) is 0 Å². The molecule has 1 amide bonds. The number of carbonyl (C=O) groups excluding carboxylic acids is 1. The molecule has 1 aromatic carbocycles. The highest BCUT2D eigenvalue weighted by Gasteiger charge is 2.20. The van der Waals surface area contributed by atoms with E-state index in [1.807, 2.05) is 37.3 Å². The Balaban J connectivity index is 0.00000264. The van der Waals surface area contributed by atoms with Crippen LogP contribution in [0.1, 0.15) is 57.1 Å². The maximum atomic E-state index is 12.1. The third-order valence-corrected chi connectivity index (χ3v) is 4.29. The van der Waals surface area contributed by atoms with Gasteiger partial charge in [0.25, 0.3) is 0 Å². The second-order valence-corrected chi connectivity index (χ2v) is 6.15. The molecular formula is C18H29ClN2O2. The molecule has 4 nitrogen and oxygen atoms in total. The van der Waals surface area contributed by atoms with Crippen molar-refractivity contribution in [2.24, 2.45) is 5.73 Å². The molecular weight excluding hydrogens is 312 g/mol. The minimum Gasteiger partial charge on any atom is -0.365 e. The normalized spacial score (nSPS) is 18.3. The van der Waals surface area contributed by atoms with E-state index < -0.39 is 6.10 Å². The van der Waals surface area contributed by atoms with Crippen LogP contribution in [0.3, 0.4) is 0 Å². The van der Waals surface area contributed by atoms with Crippen LogP contribution in [-0.2, 0) is 9.53 Å². The minimum absolute atomic E-state index is 0. The van der Waals surface area contributed by atoms with E-state index in [0.717, 1.165) is 18.4 Å². The van der Waals surface area contributed by atoms with Crippen LogP contribution in [0.4, 0.5) is 0 Å². The molecule has 2 unspecified atom stereocenters. The minimum atomic E-state index is -0.411. The summed E-state index contributed by atoms with van der Waals surface area (Å²) in [5.41, 5.74) is 7.12. The molecule has 3 N–H and O–H groups in total. The summed E-state index contributed by atoms with van der Waals surface area (Å²) < 4.78 is 5.92. The molecule has 5 heteroatoms. The molecule has 0 radical (unpaired) electrons. The van der Waals surface area contributed by atoms with Crippen LogP contribution in [-0.4, -0.2) is 24.7 Å². The predicted octanol–water partition coefficient (Wildman–Crippen LogP) is 3.35. The van der Waals surface area contributed by atoms with Gasteiger partial charge in [0.05, 0.1) is 6.10 Å². The number of ether oxygens (including phenoxy) is 1. The highest BCUT2D eigenvalue weighted by molar-refractivity contribution is 5.85. The van der Waals surface area contributed by atoms with Crippen LogP contribution < -0.4 is 11.1 Å². The monoisotopic (exact) mass is 340 g/mol. The first kappa shape index (κ1) is 19.9. The zero-order chi connectivity index (χ0) is 15.8. The van der Waals surface area contributed by atoms with Crippen LogP contribution in [0.5, 0.6) is 0 Å². The summed E-state index contributed by atoms with van der Waals surface area (Å²) >= 11 is 0. The van der Waals surface area contributed by atoms with E-state index in [1.54, 1.807) is 0 Å². The lowest BCUT2D eigenvalue weighted by Crippen LogP contribution is -2.40. The standard InChI is InChI=1S/C18H28N2O2.ClH/c1-14(22-16-11-7-2-3-8-12-16)18(21)20-13-17(19)15-9-5-4-6-10-15;/h4-6,9-10,14,16-17H,2-3,7-8,11-13,19H2,1H3,(H,20,21);1H. The van der Waals surface area contributed by atoms with Crippen molar-refractivity contribution in [3.8, 4) is 0 Å². The number of hydrogen-bond acceptors (Lipinski definition) is 3. The maximum absolute atomic E-state index is 12.1. The fraction of sp³-hybridized carbons (Fsp3) is 0.611. The lowest BCUT2D eigenvalue weighted by molar-refractivity contribution is -0.135. The molecule has 0 aromatic heterocycles. The SMILES string of the molecule is CC(OC1CCCCCC1)C(=O)NCC(N)c1ccccc1.Cl. The Labute approximate surface area is 145 Å². The first-order chi connectivity index (χ1) is 10.7. The van der Waals surface area contributed by atoms with Gasteiger partial charge in [0.1, 0.15) is 6.10 Å². The van der Waals surface area contributed by atoms with Gasteiger partial charge in [-0.1, -0.05) is 56.0 Å². The molecule has 0 aliphatic heterocycles. The van der Waals surface area contributed by atoms with Crippen LogP contribution in [0.15, 0.2) is 30.3 Å². The summed E-state index contributed by atoms with van der Waals surface area (Å²) in [6.45, 7) is 2.26. The van der Waals surface area contributed by atoms with E-state index in [0.29, 0.717) is 6.54 Å². The fourth-order valence-corrected chi connectivity index (χ4v) is 2.90. The Hall–Kier alpha value is -1.10. The Morgan fingerprint density at radius 3 is 2.43 bits per heavy atom. The van der Waals surface area contributed by atoms with E-state index >= 15 is 0 Å². The van der Waals surface area contributed by atoms with Gasteiger partial charge < -0.3 is 15.8 Å². The number of carbonyl (C=O) groups is 1. The molecule has 1 aliphatic carbocycles. The van der Waals surface area contributed by atoms with Gasteiger partial charge in [-0.3, -0.25) is 4.79 Å². The smallest absolute Gasteiger partial charge is 0.248 e. The lowest BCUT2D eigenvalue weighted by atomic mass is 10.1. The highest BCUT2D eigenvalue weighted by Crippen LogP contribution is 2.21. The lowest BCUT2D eigenvalue weighted by Gasteiger charge is -2.21. The molecule has 1 saturated carbocycles. The molecule has 1 fully saturated rings. The molecule has 0 saturated heterocycles. The Kier molecular flexibility index (Phi) is 9.22. The van der Waals surface area contributed by atoms with Gasteiger partial charge in [-0.15, -0.1) is 12.4 Å². The summed E-state index contributed by atoms with van der Waals surface area (Å²) in [5.74, 6) is -0.0735. The van der Waals surface area contributed by atoms with Crippen molar-refractivity contribution in [1.29, 1.82) is 0 Å². The van der Waals surface area contributed by atoms with Crippen molar-refractivity contribution in [1.82, 2.24) is 5.32 Å². The Bertz CT molecular complexity index is 448. The third kappa shape index (κ3) is 6.90. The first-order valence-electron chi connectivity index (χ1n) is 8.40. The maximum Gasteiger partial charge on any atom is 0.248 e. The quantitative estimate of drug-likeness (QED) is 0.780. The predicted molar refractivity (Wildman–Crippen MR) is 95.7 cm³/mol. The van der Waals surface area contributed by atoms with Gasteiger partial charge >= 0.3 is 0 Å². The first-order valence-corrected chi connectivity index (χ1v) is 8.40. The summed E-state index contributed by atoms with van der Waals surface area (Å²) in [6.07, 6.45) is 6.94. The number of amides is 1. The van der Waals surface area contributed by atoms with Crippen molar-refractivity contribution >= 4 is 18.3 Å². The van der Waals surface area contributed by atoms with Gasteiger partial charge in [0, 0.05) is 12.6 Å². The summed E-state index contributed by atoms with van der Waals surface area (Å²) in [4.78, 5) is 12.1. The molecule has 2 rings (SSSR count). The van der Waals surface area contributed by atoms with Crippen molar-refractivity contribution in [2.45, 2.75) is 63.7 Å². The molecule has 1 aliphatic rings. The van der Waals surface area contributed by atoms with Crippen LogP contribution in [0.2, 0.25) is 0 Å². The summed E-state index contributed by atoms with van der Waals surface area (Å²) in [6, 6.07) is 9.63. The average molecular weight is 341 g/mol. The van der Waals surface area contributed by atoms with Crippen molar-refractivity contribution in [3.05, 3.63) is 35.9 Å². The van der Waals surface area contributed by atoms with Gasteiger partial charge in [-0.05, 0) is 25.3 Å². The number of hydrogen-bond donors (Lipinski definition) is 2. The Morgan fingerprint density at radius 2 is 1.83 bits per heavy atom. The largest absolute Gasteiger partial charge is 0.365 e. The second kappa shape index (κ2) is 10.6. The van der Waals surface area contributed by atoms with Crippen molar-refractivity contribution in [3.63, 3.8) is 0 Å². The van der Waals surface area contributed by atoms with Gasteiger partial charge in [-0.2, -0.15) is 0 Å². The third-order valence-electron chi connectivity index (χ3n) is 4.29. The summed E-state index contributed by atoms with van der Waals surface area (Å²) in [5, 5.41) is 2.90. The molecule has 0 bridgehead atoms. The number of halogens is 1. The van der Waals surface area contributed by atoms with E-state index in [-0.39, 0.29) is 30.5 Å². The van der Waals surface area contributed by atoms with Crippen molar-refractivity contribution in [2.75, 3.05) is 6.54 Å². The highest BCUT2D eigenvalue weighted by atomic mass is 35.5. The zero-order valence-electron chi connectivity index (χ0n) is 13.9. The second-order valence-electron chi connectivity index (χ2n) is 6.15. The average Bonchev–Trinajstić information content (AvgIpc) is 2.81. The summed E-state index contributed by atoms with van der Waals surface area (Å²) in [7, 11) is 0. The van der Waals surface area contributed by atoms with Crippen LogP contribution in [0.25, 0.3) is 0 Å². The Morgan fingerprint density at radius 1 is 1.22 bits per heavy atom. The van der Waals surface area contributed by atoms with E-state index in [4.69, 9.17) is 10.5 Å². The number of nitrogens with two attached hydrogens (primary N) is 1. The molecule has 0 heterocycles. The van der Waals surface area contributed by atoms with E-state index in [2.05, 4.69) is 5.32 Å². The van der Waals surface area contributed by atoms with E-state index in [9.17, 15) is 4.79 Å². The van der Waals surface area contributed by atoms with Crippen LogP contribution >= 0.6 is 12.4 Å². The van der Waals surface area contributed by atoms with Gasteiger partial charge in [-0.25, -0.2) is 0 Å². The van der Waals surface area contributed by atoms with Gasteiger partial charge in [0.2, 0.25) is 5.91 Å². The molecule has 0 spiro atoms. The number of benzene rings is 1. The molecule has 130 valence electrons. The zero-order valence-corrected chi connectivity index (χ0v) is 14.7. The molecule has 2 atom stereocenters.